The predicted octanol–water partition coefficient (Wildman–Crippen LogP) is 3.61. The summed E-state index contributed by atoms with van der Waals surface area (Å²) in [5.74, 6) is 0.209. The first-order chi connectivity index (χ1) is 17.0. The van der Waals surface area contributed by atoms with E-state index < -0.39 is 6.10 Å². The summed E-state index contributed by atoms with van der Waals surface area (Å²) in [6.45, 7) is 6.09. The number of rotatable bonds is 9. The summed E-state index contributed by atoms with van der Waals surface area (Å²) in [6, 6.07) is 8.86. The van der Waals surface area contributed by atoms with E-state index in [0.717, 1.165) is 11.1 Å². The lowest BCUT2D eigenvalue weighted by atomic mass is 9.84. The van der Waals surface area contributed by atoms with E-state index in [2.05, 4.69) is 15.3 Å². The number of para-hydroxylation sites is 1. The second kappa shape index (κ2) is 11.3. The number of hydrogen-bond donors (Lipinski definition) is 3. The maximum absolute atomic E-state index is 13.0. The van der Waals surface area contributed by atoms with Crippen LogP contribution in [-0.4, -0.2) is 50.5 Å². The van der Waals surface area contributed by atoms with Crippen molar-refractivity contribution < 1.29 is 14.7 Å². The molecule has 3 aromatic rings. The number of H-pyrrole nitrogens is 1. The molecule has 0 aliphatic rings. The molecule has 9 nitrogen and oxygen atoms in total. The minimum absolute atomic E-state index is 0.102. The molecule has 0 saturated heterocycles. The lowest BCUT2D eigenvalue weighted by Gasteiger charge is -2.26. The third-order valence-corrected chi connectivity index (χ3v) is 5.80. The number of allylic oxidation sites excluding steroid dienone is 1. The lowest BCUT2D eigenvalue weighted by molar-refractivity contribution is -0.123. The molecule has 1 aromatic carbocycles. The predicted molar refractivity (Wildman–Crippen MR) is 141 cm³/mol. The Morgan fingerprint density at radius 2 is 1.97 bits per heavy atom. The molecule has 0 bridgehead atoms. The molecule has 0 saturated carbocycles. The number of hydrogen-bond acceptors (Lipinski definition) is 5. The number of unbranched alkanes of at least 4 members (excludes halogenated alkanes) is 1. The molecule has 2 amide bonds. The van der Waals surface area contributed by atoms with Crippen LogP contribution in [0.2, 0.25) is 0 Å². The molecule has 1 atom stereocenters. The van der Waals surface area contributed by atoms with Gasteiger partial charge in [-0.25, -0.2) is 4.98 Å². The number of aliphatic hydroxyl groups is 1. The zero-order valence-electron chi connectivity index (χ0n) is 21.5. The Bertz CT molecular complexity index is 1310. The minimum Gasteiger partial charge on any atom is -0.388 e. The second-order valence-corrected chi connectivity index (χ2v) is 10.1. The number of fused-ring (bicyclic) bond motifs is 1. The largest absolute Gasteiger partial charge is 0.388 e. The number of imidazole rings is 1. The van der Waals surface area contributed by atoms with Crippen molar-refractivity contribution in [1.82, 2.24) is 19.4 Å². The van der Waals surface area contributed by atoms with Gasteiger partial charge in [0.1, 0.15) is 11.5 Å². The van der Waals surface area contributed by atoms with Gasteiger partial charge in [0, 0.05) is 32.3 Å². The highest BCUT2D eigenvalue weighted by atomic mass is 16.3. The lowest BCUT2D eigenvalue weighted by Crippen LogP contribution is -2.26. The molecule has 2 heterocycles. The number of nitrogens with zero attached hydrogens (tertiary/aromatic N) is 3. The average Bonchev–Trinajstić information content (AvgIpc) is 3.22. The van der Waals surface area contributed by atoms with Gasteiger partial charge in [-0.15, -0.1) is 0 Å². The van der Waals surface area contributed by atoms with Gasteiger partial charge in [0.05, 0.1) is 23.7 Å². The van der Waals surface area contributed by atoms with E-state index in [-0.39, 0.29) is 41.4 Å². The molecular weight excluding hydrogens is 458 g/mol. The van der Waals surface area contributed by atoms with Crippen molar-refractivity contribution in [1.29, 1.82) is 0 Å². The zero-order valence-corrected chi connectivity index (χ0v) is 21.5. The quantitative estimate of drug-likeness (QED) is 0.311. The normalized spacial score (nSPS) is 12.7. The van der Waals surface area contributed by atoms with Crippen LogP contribution >= 0.6 is 0 Å². The highest BCUT2D eigenvalue weighted by molar-refractivity contribution is 5.90. The second-order valence-electron chi connectivity index (χ2n) is 10.1. The van der Waals surface area contributed by atoms with Crippen molar-refractivity contribution >= 4 is 28.5 Å². The topological polar surface area (TPSA) is 120 Å². The van der Waals surface area contributed by atoms with Gasteiger partial charge in [-0.3, -0.25) is 14.4 Å². The first kappa shape index (κ1) is 26.9. The molecule has 2 aromatic heterocycles. The molecule has 1 unspecified atom stereocenters. The van der Waals surface area contributed by atoms with Crippen LogP contribution in [0.4, 0.5) is 5.69 Å². The van der Waals surface area contributed by atoms with Gasteiger partial charge in [0.15, 0.2) is 0 Å². The van der Waals surface area contributed by atoms with Crippen LogP contribution < -0.4 is 10.9 Å². The molecule has 0 aliphatic heterocycles. The van der Waals surface area contributed by atoms with Gasteiger partial charge in [-0.1, -0.05) is 39.0 Å². The highest BCUT2D eigenvalue weighted by Crippen LogP contribution is 2.35. The molecule has 0 radical (unpaired) electrons. The Labute approximate surface area is 210 Å². The Balaban J connectivity index is 1.68. The van der Waals surface area contributed by atoms with Crippen LogP contribution in [-0.2, 0) is 16.1 Å². The van der Waals surface area contributed by atoms with Crippen molar-refractivity contribution in [3.8, 4) is 0 Å². The number of benzene rings is 1. The number of pyridine rings is 1. The third-order valence-electron chi connectivity index (χ3n) is 5.80. The summed E-state index contributed by atoms with van der Waals surface area (Å²) in [7, 11) is 3.35. The molecular formula is C27H35N5O4. The number of aliphatic hydroxyl groups excluding tert-OH is 1. The number of nitrogens with one attached hydrogen (secondary N) is 2. The molecule has 3 rings (SSSR count). The van der Waals surface area contributed by atoms with Crippen molar-refractivity contribution in [2.24, 2.45) is 5.41 Å². The SMILES string of the molecule is CN(C)C(=O)/C=C/CCCC(=O)Nc1cccn(Cc2nc3cccc(C(O)C(C)(C)C)c3[nH]2)c1=O. The van der Waals surface area contributed by atoms with Gasteiger partial charge in [0.25, 0.3) is 5.56 Å². The number of carbonyl (C=O) groups excluding carboxylic acids is 2. The van der Waals surface area contributed by atoms with Crippen molar-refractivity contribution in [3.63, 3.8) is 0 Å². The molecule has 0 aliphatic carbocycles. The monoisotopic (exact) mass is 493 g/mol. The van der Waals surface area contributed by atoms with E-state index in [9.17, 15) is 19.5 Å². The summed E-state index contributed by atoms with van der Waals surface area (Å²) in [4.78, 5) is 46.2. The summed E-state index contributed by atoms with van der Waals surface area (Å²) >= 11 is 0. The van der Waals surface area contributed by atoms with Gasteiger partial charge in [0.2, 0.25) is 11.8 Å². The van der Waals surface area contributed by atoms with Gasteiger partial charge in [-0.05, 0) is 42.5 Å². The highest BCUT2D eigenvalue weighted by Gasteiger charge is 2.26. The Morgan fingerprint density at radius 1 is 1.22 bits per heavy atom. The molecule has 3 N–H and O–H groups in total. The minimum atomic E-state index is -0.681. The van der Waals surface area contributed by atoms with Crippen LogP contribution in [0.3, 0.4) is 0 Å². The number of aromatic nitrogens is 3. The van der Waals surface area contributed by atoms with E-state index in [1.54, 1.807) is 38.5 Å². The van der Waals surface area contributed by atoms with Crippen molar-refractivity contribution in [2.75, 3.05) is 19.4 Å². The first-order valence-corrected chi connectivity index (χ1v) is 12.0. The number of amides is 2. The number of anilines is 1. The van der Waals surface area contributed by atoms with E-state index >= 15 is 0 Å². The van der Waals surface area contributed by atoms with Crippen LogP contribution in [0, 0.1) is 5.41 Å². The third kappa shape index (κ3) is 6.69. The number of carbonyl (C=O) groups is 2. The summed E-state index contributed by atoms with van der Waals surface area (Å²) in [6.07, 6.45) is 5.57. The summed E-state index contributed by atoms with van der Waals surface area (Å²) < 4.78 is 1.47. The fraction of sp³-hybridized carbons (Fsp3) is 0.407. The summed E-state index contributed by atoms with van der Waals surface area (Å²) in [5.41, 5.74) is 1.73. The Kier molecular flexibility index (Phi) is 8.47. The van der Waals surface area contributed by atoms with Crippen LogP contribution in [0.1, 0.15) is 57.5 Å². The maximum Gasteiger partial charge on any atom is 0.274 e. The molecule has 192 valence electrons. The Morgan fingerprint density at radius 3 is 2.67 bits per heavy atom. The fourth-order valence-corrected chi connectivity index (χ4v) is 3.72. The van der Waals surface area contributed by atoms with E-state index in [1.807, 2.05) is 39.0 Å². The van der Waals surface area contributed by atoms with Gasteiger partial charge in [-0.2, -0.15) is 0 Å². The molecule has 0 spiro atoms. The first-order valence-electron chi connectivity index (χ1n) is 12.0. The maximum atomic E-state index is 13.0. The van der Waals surface area contributed by atoms with Gasteiger partial charge >= 0.3 is 0 Å². The smallest absolute Gasteiger partial charge is 0.274 e. The average molecular weight is 494 g/mol. The van der Waals surface area contributed by atoms with Crippen LogP contribution in [0.5, 0.6) is 0 Å². The molecule has 0 fully saturated rings. The standard InChI is InChI=1S/C27H35N5O4/c1-27(2,3)25(35)18-11-9-12-19-24(18)30-21(28-19)17-32-16-10-13-20(26(32)36)29-22(33)14-7-6-8-15-23(34)31(4)5/h8-13,15-16,25,35H,6-7,14,17H2,1-5H3,(H,28,30)(H,29,33)/b15-8+. The Hall–Kier alpha value is -3.72. The number of likely N-dealkylation sites (N-methyl/N-ethyl adjacent to an activating group) is 1. The van der Waals surface area contributed by atoms with Crippen molar-refractivity contribution in [2.45, 2.75) is 52.7 Å². The van der Waals surface area contributed by atoms with E-state index in [4.69, 9.17) is 0 Å². The molecule has 36 heavy (non-hydrogen) atoms. The van der Waals surface area contributed by atoms with E-state index in [1.165, 1.54) is 15.5 Å². The van der Waals surface area contributed by atoms with Crippen LogP contribution in [0.25, 0.3) is 11.0 Å². The summed E-state index contributed by atoms with van der Waals surface area (Å²) in [5, 5.41) is 13.5. The van der Waals surface area contributed by atoms with Crippen LogP contribution in [0.15, 0.2) is 53.5 Å². The van der Waals surface area contributed by atoms with Gasteiger partial charge < -0.3 is 24.9 Å². The fourth-order valence-electron chi connectivity index (χ4n) is 3.72. The van der Waals surface area contributed by atoms with E-state index in [0.29, 0.717) is 24.2 Å². The number of aromatic amines is 1. The zero-order chi connectivity index (χ0) is 26.5. The van der Waals surface area contributed by atoms with Crippen molar-refractivity contribution in [3.05, 3.63) is 70.4 Å². The molecule has 9 heteroatoms.